The average molecular weight is 388 g/mol. The number of hydrogen-bond donors (Lipinski definition) is 2. The van der Waals surface area contributed by atoms with Crippen molar-refractivity contribution in [2.75, 3.05) is 7.11 Å². The molecule has 0 saturated carbocycles. The number of ether oxygens (including phenoxy) is 2. The van der Waals surface area contributed by atoms with Gasteiger partial charge in [-0.2, -0.15) is 0 Å². The maximum Gasteiger partial charge on any atom is 1.00 e. The quantitative estimate of drug-likeness (QED) is 0.578. The van der Waals surface area contributed by atoms with Gasteiger partial charge < -0.3 is 29.8 Å². The predicted molar refractivity (Wildman–Crippen MR) is 80.7 cm³/mol. The van der Waals surface area contributed by atoms with E-state index in [0.717, 1.165) is 0 Å². The Bertz CT molecular complexity index is 781. The third-order valence-electron chi connectivity index (χ3n) is 3.23. The Morgan fingerprint density at radius 1 is 1.38 bits per heavy atom. The van der Waals surface area contributed by atoms with Gasteiger partial charge in [-0.25, -0.2) is 4.39 Å². The number of hydrogen-bond acceptors (Lipinski definition) is 6. The largest absolute Gasteiger partial charge is 1.00 e. The van der Waals surface area contributed by atoms with Gasteiger partial charge in [0.1, 0.15) is 23.9 Å². The Labute approximate surface area is 190 Å². The number of carboxylic acid groups (broad SMARTS) is 2. The number of nitrogens with one attached hydrogen (secondary N) is 1. The van der Waals surface area contributed by atoms with Crippen molar-refractivity contribution in [3.63, 3.8) is 0 Å². The predicted octanol–water partition coefficient (Wildman–Crippen LogP) is -2.06. The third-order valence-corrected chi connectivity index (χ3v) is 3.23. The molecule has 0 bridgehead atoms. The molecule has 0 aliphatic carbocycles. The molecule has 1 aliphatic rings. The van der Waals surface area contributed by atoms with E-state index in [2.05, 4.69) is 10.3 Å². The summed E-state index contributed by atoms with van der Waals surface area (Å²) in [5.41, 5.74) is 1.41. The van der Waals surface area contributed by atoms with Crippen LogP contribution in [0.2, 0.25) is 0 Å². The van der Waals surface area contributed by atoms with Crippen LogP contribution in [0.5, 0.6) is 11.5 Å². The first-order valence-electron chi connectivity index (χ1n) is 7.03. The molecular weight excluding hydrogens is 374 g/mol. The molecule has 3 rings (SSSR count). The second kappa shape index (κ2) is 10.4. The van der Waals surface area contributed by atoms with Crippen molar-refractivity contribution >= 4 is 12.1 Å². The molecule has 0 fully saturated rings. The van der Waals surface area contributed by atoms with Gasteiger partial charge in [-0.3, -0.25) is 9.78 Å². The Morgan fingerprint density at radius 3 is 2.65 bits per heavy atom. The molecule has 1 aliphatic heterocycles. The molecule has 0 saturated heterocycles. The number of rotatable bonds is 4. The molecule has 2 aromatic rings. The summed E-state index contributed by atoms with van der Waals surface area (Å²) >= 11 is 0. The molecule has 0 spiro atoms. The van der Waals surface area contributed by atoms with Crippen molar-refractivity contribution < 1.29 is 85.1 Å². The van der Waals surface area contributed by atoms with Crippen molar-refractivity contribution in [3.05, 3.63) is 53.1 Å². The van der Waals surface area contributed by atoms with Gasteiger partial charge in [0.25, 0.3) is 5.91 Å². The van der Waals surface area contributed by atoms with Gasteiger partial charge >= 0.3 is 51.4 Å². The molecule has 0 unspecified atom stereocenters. The van der Waals surface area contributed by atoms with Crippen LogP contribution in [0.15, 0.2) is 30.5 Å². The summed E-state index contributed by atoms with van der Waals surface area (Å²) in [6, 6.07) is 6.43. The first-order chi connectivity index (χ1) is 11.9. The van der Waals surface area contributed by atoms with Crippen LogP contribution in [-0.4, -0.2) is 29.3 Å². The minimum atomic E-state index is -2.08. The van der Waals surface area contributed by atoms with Crippen LogP contribution in [-0.2, 0) is 13.2 Å². The maximum atomic E-state index is 13.9. The van der Waals surface area contributed by atoms with Crippen molar-refractivity contribution in [1.29, 1.82) is 0 Å². The molecule has 132 valence electrons. The first-order valence-corrected chi connectivity index (χ1v) is 7.03. The van der Waals surface area contributed by atoms with E-state index in [1.54, 1.807) is 31.5 Å². The normalized spacial score (nSPS) is 11.2. The smallest absolute Gasteiger partial charge is 0.565 e. The molecule has 10 heteroatoms. The van der Waals surface area contributed by atoms with E-state index in [9.17, 15) is 9.18 Å². The molecule has 2 N–H and O–H groups in total. The van der Waals surface area contributed by atoms with Crippen LogP contribution >= 0.6 is 0 Å². The van der Waals surface area contributed by atoms with E-state index in [1.807, 2.05) is 0 Å². The molecule has 2 heterocycles. The number of fused-ring (bicyclic) bond motifs is 1. The fourth-order valence-electron chi connectivity index (χ4n) is 2.15. The van der Waals surface area contributed by atoms with Gasteiger partial charge in [0.2, 0.25) is 6.16 Å². The summed E-state index contributed by atoms with van der Waals surface area (Å²) in [7, 11) is 1.57. The van der Waals surface area contributed by atoms with Gasteiger partial charge in [0.05, 0.1) is 24.6 Å². The van der Waals surface area contributed by atoms with Crippen molar-refractivity contribution in [1.82, 2.24) is 10.3 Å². The molecule has 1 aromatic heterocycles. The molecule has 0 radical (unpaired) electrons. The number of carbonyl (C=O) groups is 2. The molecular formula is C16H14FKN2O6. The van der Waals surface area contributed by atoms with E-state index >= 15 is 0 Å². The van der Waals surface area contributed by atoms with E-state index in [1.165, 1.54) is 6.07 Å². The van der Waals surface area contributed by atoms with Gasteiger partial charge in [0.15, 0.2) is 0 Å². The second-order valence-electron chi connectivity index (χ2n) is 4.87. The fourth-order valence-corrected chi connectivity index (χ4v) is 2.15. The summed E-state index contributed by atoms with van der Waals surface area (Å²) in [6.07, 6.45) is -0.495. The second-order valence-corrected chi connectivity index (χ2v) is 4.87. The van der Waals surface area contributed by atoms with Gasteiger partial charge in [-0.1, -0.05) is 0 Å². The molecule has 0 atom stereocenters. The van der Waals surface area contributed by atoms with Crippen molar-refractivity contribution in [3.8, 4) is 11.5 Å². The van der Waals surface area contributed by atoms with Crippen LogP contribution in [0.1, 0.15) is 21.6 Å². The van der Waals surface area contributed by atoms with Crippen LogP contribution in [0.25, 0.3) is 0 Å². The van der Waals surface area contributed by atoms with Crippen molar-refractivity contribution in [2.24, 2.45) is 0 Å². The molecule has 1 amide bonds. The number of pyridine rings is 1. The van der Waals surface area contributed by atoms with Gasteiger partial charge in [-0.05, 0) is 23.8 Å². The zero-order valence-electron chi connectivity index (χ0n) is 14.1. The third kappa shape index (κ3) is 6.22. The van der Waals surface area contributed by atoms with E-state index in [-0.39, 0.29) is 69.5 Å². The number of amides is 1. The topological polar surface area (TPSA) is 121 Å². The minimum Gasteiger partial charge on any atom is -0.565 e. The van der Waals surface area contributed by atoms with Crippen LogP contribution in [0.3, 0.4) is 0 Å². The van der Waals surface area contributed by atoms with Crippen LogP contribution in [0, 0.1) is 5.82 Å². The monoisotopic (exact) mass is 388 g/mol. The number of aromatic nitrogens is 1. The van der Waals surface area contributed by atoms with Crippen LogP contribution in [0.4, 0.5) is 9.18 Å². The Morgan fingerprint density at radius 2 is 2.08 bits per heavy atom. The number of halogens is 1. The van der Waals surface area contributed by atoms with Gasteiger partial charge in [-0.15, -0.1) is 0 Å². The SMILES string of the molecule is COc1ccc(COc2cc(F)c3c(c2)CNC3=O)nc1.O=C([O-])O.[K+]. The Kier molecular flexibility index (Phi) is 8.95. The molecule has 26 heavy (non-hydrogen) atoms. The minimum absolute atomic E-state index is 0. The molecule has 1 aromatic carbocycles. The van der Waals surface area contributed by atoms with E-state index < -0.39 is 12.0 Å². The van der Waals surface area contributed by atoms with E-state index in [4.69, 9.17) is 24.5 Å². The number of carbonyl (C=O) groups excluding carboxylic acids is 1. The zero-order chi connectivity index (χ0) is 18.4. The standard InChI is InChI=1S/C15H13FN2O3.CH2O3.K/c1-20-11-3-2-10(17-7-11)8-21-12-4-9-6-18-15(19)14(9)13(16)5-12;2-1(3)4;/h2-5,7H,6,8H2,1H3,(H,18,19);(H2,2,3,4);/q;;+1/p-1. The maximum absolute atomic E-state index is 13.9. The summed E-state index contributed by atoms with van der Waals surface area (Å²) in [5, 5.41) is 17.9. The van der Waals surface area contributed by atoms with Crippen LogP contribution < -0.4 is 71.3 Å². The zero-order valence-corrected chi connectivity index (χ0v) is 17.2. The first kappa shape index (κ1) is 22.3. The number of benzene rings is 1. The summed E-state index contributed by atoms with van der Waals surface area (Å²) < 4.78 is 24.4. The summed E-state index contributed by atoms with van der Waals surface area (Å²) in [6.45, 7) is 0.534. The summed E-state index contributed by atoms with van der Waals surface area (Å²) in [4.78, 5) is 24.0. The van der Waals surface area contributed by atoms with E-state index in [0.29, 0.717) is 29.3 Å². The number of methoxy groups -OCH3 is 1. The van der Waals surface area contributed by atoms with Gasteiger partial charge in [0, 0.05) is 12.6 Å². The Balaban J connectivity index is 0.000000616. The summed E-state index contributed by atoms with van der Waals surface area (Å²) in [5.74, 6) is 0.0818. The average Bonchev–Trinajstić information content (AvgIpc) is 2.94. The fraction of sp³-hybridized carbons (Fsp3) is 0.188. The van der Waals surface area contributed by atoms with Crippen molar-refractivity contribution in [2.45, 2.75) is 13.2 Å². The Hall–Kier alpha value is -1.72. The number of nitrogens with zero attached hydrogens (tertiary/aromatic N) is 1. The molecule has 8 nitrogen and oxygen atoms in total.